The maximum Gasteiger partial charge on any atom is 0.255 e. The van der Waals surface area contributed by atoms with Gasteiger partial charge in [0, 0.05) is 43.0 Å². The Morgan fingerprint density at radius 2 is 1.93 bits per heavy atom. The summed E-state index contributed by atoms with van der Waals surface area (Å²) in [6.45, 7) is 2.05. The number of benzene rings is 2. The lowest BCUT2D eigenvalue weighted by Crippen LogP contribution is -2.52. The van der Waals surface area contributed by atoms with Gasteiger partial charge in [0.1, 0.15) is 6.04 Å². The van der Waals surface area contributed by atoms with Gasteiger partial charge in [0.25, 0.3) is 5.91 Å². The van der Waals surface area contributed by atoms with Crippen LogP contribution in [0.1, 0.15) is 39.9 Å². The first-order valence-corrected chi connectivity index (χ1v) is 9.95. The highest BCUT2D eigenvalue weighted by Crippen LogP contribution is 2.29. The Hall–Kier alpha value is -3.35. The lowest BCUT2D eigenvalue weighted by Gasteiger charge is -2.29. The van der Waals surface area contributed by atoms with Crippen molar-refractivity contribution in [1.82, 2.24) is 10.2 Å². The quantitative estimate of drug-likeness (QED) is 0.695. The molecule has 2 aromatic carbocycles. The third-order valence-corrected chi connectivity index (χ3v) is 5.90. The maximum atomic E-state index is 12.8. The number of anilines is 2. The van der Waals surface area contributed by atoms with Gasteiger partial charge in [0.15, 0.2) is 0 Å². The van der Waals surface area contributed by atoms with E-state index >= 15 is 0 Å². The van der Waals surface area contributed by atoms with E-state index in [4.69, 9.17) is 0 Å². The van der Waals surface area contributed by atoms with Crippen LogP contribution in [0.2, 0.25) is 0 Å². The van der Waals surface area contributed by atoms with Crippen LogP contribution in [-0.2, 0) is 29.1 Å². The minimum absolute atomic E-state index is 0.139. The summed E-state index contributed by atoms with van der Waals surface area (Å²) in [6.07, 6.45) is 1.69. The molecule has 148 valence electrons. The van der Waals surface area contributed by atoms with Crippen molar-refractivity contribution in [3.05, 3.63) is 58.7 Å². The molecule has 0 radical (unpaired) electrons. The predicted molar refractivity (Wildman–Crippen MR) is 108 cm³/mol. The van der Waals surface area contributed by atoms with E-state index in [1.54, 1.807) is 4.90 Å². The van der Waals surface area contributed by atoms with E-state index in [0.29, 0.717) is 25.1 Å². The molecular weight excluding hydrogens is 368 g/mol. The molecule has 1 saturated heterocycles. The molecule has 1 atom stereocenters. The van der Waals surface area contributed by atoms with Crippen LogP contribution in [0.25, 0.3) is 0 Å². The van der Waals surface area contributed by atoms with E-state index in [-0.39, 0.29) is 24.1 Å². The molecule has 0 spiro atoms. The third-order valence-electron chi connectivity index (χ3n) is 5.90. The Labute approximate surface area is 168 Å². The molecule has 3 aliphatic heterocycles. The van der Waals surface area contributed by atoms with Crippen molar-refractivity contribution in [1.29, 1.82) is 0 Å². The van der Waals surface area contributed by atoms with Gasteiger partial charge in [-0.05, 0) is 53.8 Å². The molecule has 3 aliphatic rings. The standard InChI is InChI=1S/C22H22N4O3/c27-20-6-5-19(21(28)25-20)26-12-15-9-13(1-3-17(15)22(26)29)11-24-16-2-4-18-14(10-16)7-8-23-18/h1-4,9-10,19,23-24H,5-8,11-12H2,(H,25,27,28). The van der Waals surface area contributed by atoms with Gasteiger partial charge in [-0.25, -0.2) is 0 Å². The third kappa shape index (κ3) is 3.22. The normalized spacial score (nSPS) is 20.2. The van der Waals surface area contributed by atoms with Gasteiger partial charge in [-0.3, -0.25) is 19.7 Å². The van der Waals surface area contributed by atoms with E-state index in [9.17, 15) is 14.4 Å². The number of hydrogen-bond donors (Lipinski definition) is 3. The van der Waals surface area contributed by atoms with Crippen LogP contribution in [0.3, 0.4) is 0 Å². The smallest absolute Gasteiger partial charge is 0.255 e. The number of imide groups is 1. The molecule has 7 nitrogen and oxygen atoms in total. The molecule has 0 aromatic heterocycles. The van der Waals surface area contributed by atoms with Crippen LogP contribution in [0.15, 0.2) is 36.4 Å². The molecule has 5 rings (SSSR count). The van der Waals surface area contributed by atoms with Gasteiger partial charge >= 0.3 is 0 Å². The number of amides is 3. The first kappa shape index (κ1) is 17.7. The van der Waals surface area contributed by atoms with Crippen molar-refractivity contribution in [2.75, 3.05) is 17.2 Å². The molecule has 7 heteroatoms. The van der Waals surface area contributed by atoms with Crippen molar-refractivity contribution in [2.24, 2.45) is 0 Å². The van der Waals surface area contributed by atoms with Gasteiger partial charge in [-0.2, -0.15) is 0 Å². The minimum atomic E-state index is -0.575. The van der Waals surface area contributed by atoms with Crippen molar-refractivity contribution in [2.45, 2.75) is 38.4 Å². The molecule has 0 saturated carbocycles. The fraction of sp³-hybridized carbons (Fsp3) is 0.318. The topological polar surface area (TPSA) is 90.5 Å². The van der Waals surface area contributed by atoms with Gasteiger partial charge in [0.2, 0.25) is 11.8 Å². The number of nitrogens with one attached hydrogen (secondary N) is 3. The molecule has 2 aromatic rings. The number of rotatable bonds is 4. The maximum absolute atomic E-state index is 12.8. The number of carbonyl (C=O) groups is 3. The largest absolute Gasteiger partial charge is 0.384 e. The summed E-state index contributed by atoms with van der Waals surface area (Å²) in [5.74, 6) is -0.790. The van der Waals surface area contributed by atoms with Crippen LogP contribution in [0.4, 0.5) is 11.4 Å². The van der Waals surface area contributed by atoms with Crippen molar-refractivity contribution in [3.8, 4) is 0 Å². The van der Waals surface area contributed by atoms with Crippen molar-refractivity contribution < 1.29 is 14.4 Å². The van der Waals surface area contributed by atoms with E-state index in [2.05, 4.69) is 34.1 Å². The average Bonchev–Trinajstić information content (AvgIpc) is 3.30. The summed E-state index contributed by atoms with van der Waals surface area (Å²) >= 11 is 0. The average molecular weight is 390 g/mol. The molecule has 0 aliphatic carbocycles. The Bertz CT molecular complexity index is 1030. The summed E-state index contributed by atoms with van der Waals surface area (Å²) in [4.78, 5) is 37.9. The SMILES string of the molecule is O=C1CCC(N2Cc3cc(CNc4ccc5c(c4)CCN5)ccc3C2=O)C(=O)N1. The monoisotopic (exact) mass is 390 g/mol. The van der Waals surface area contributed by atoms with Crippen LogP contribution >= 0.6 is 0 Å². The Kier molecular flexibility index (Phi) is 4.23. The minimum Gasteiger partial charge on any atom is -0.384 e. The summed E-state index contributed by atoms with van der Waals surface area (Å²) < 4.78 is 0. The predicted octanol–water partition coefficient (Wildman–Crippen LogP) is 2.03. The molecule has 3 amide bonds. The Morgan fingerprint density at radius 3 is 2.79 bits per heavy atom. The molecule has 29 heavy (non-hydrogen) atoms. The van der Waals surface area contributed by atoms with Gasteiger partial charge in [-0.15, -0.1) is 0 Å². The number of hydrogen-bond acceptors (Lipinski definition) is 5. The lowest BCUT2D eigenvalue weighted by molar-refractivity contribution is -0.136. The zero-order valence-electron chi connectivity index (χ0n) is 16.0. The molecule has 1 unspecified atom stereocenters. The molecular formula is C22H22N4O3. The highest BCUT2D eigenvalue weighted by Gasteiger charge is 2.39. The number of fused-ring (bicyclic) bond motifs is 2. The van der Waals surface area contributed by atoms with E-state index in [1.807, 2.05) is 18.2 Å². The lowest BCUT2D eigenvalue weighted by atomic mass is 10.0. The zero-order chi connectivity index (χ0) is 20.0. The van der Waals surface area contributed by atoms with Gasteiger partial charge in [0.05, 0.1) is 0 Å². The second-order valence-electron chi connectivity index (χ2n) is 7.79. The number of piperidine rings is 1. The summed E-state index contributed by atoms with van der Waals surface area (Å²) in [7, 11) is 0. The first-order valence-electron chi connectivity index (χ1n) is 9.95. The van der Waals surface area contributed by atoms with E-state index in [0.717, 1.165) is 29.8 Å². The summed E-state index contributed by atoms with van der Waals surface area (Å²) in [5, 5.41) is 9.15. The fourth-order valence-corrected chi connectivity index (χ4v) is 4.36. The zero-order valence-corrected chi connectivity index (χ0v) is 16.0. The molecule has 0 bridgehead atoms. The Balaban J connectivity index is 1.28. The van der Waals surface area contributed by atoms with Crippen LogP contribution in [0.5, 0.6) is 0 Å². The number of carbonyl (C=O) groups excluding carboxylic acids is 3. The van der Waals surface area contributed by atoms with E-state index < -0.39 is 6.04 Å². The summed E-state index contributed by atoms with van der Waals surface area (Å²) in [5.41, 5.74) is 6.27. The van der Waals surface area contributed by atoms with Crippen LogP contribution < -0.4 is 16.0 Å². The fourth-order valence-electron chi connectivity index (χ4n) is 4.36. The second kappa shape index (κ2) is 6.92. The Morgan fingerprint density at radius 1 is 1.03 bits per heavy atom. The van der Waals surface area contributed by atoms with Crippen molar-refractivity contribution in [3.63, 3.8) is 0 Å². The highest BCUT2D eigenvalue weighted by atomic mass is 16.2. The van der Waals surface area contributed by atoms with Crippen LogP contribution in [-0.4, -0.2) is 35.2 Å². The second-order valence-corrected chi connectivity index (χ2v) is 7.79. The highest BCUT2D eigenvalue weighted by molar-refractivity contribution is 6.05. The van der Waals surface area contributed by atoms with Crippen molar-refractivity contribution >= 4 is 29.1 Å². The molecule has 3 N–H and O–H groups in total. The molecule has 1 fully saturated rings. The van der Waals surface area contributed by atoms with E-state index in [1.165, 1.54) is 11.3 Å². The van der Waals surface area contributed by atoms with Gasteiger partial charge < -0.3 is 15.5 Å². The first-order chi connectivity index (χ1) is 14.1. The van der Waals surface area contributed by atoms with Crippen LogP contribution in [0, 0.1) is 0 Å². The number of nitrogens with zero attached hydrogens (tertiary/aromatic N) is 1. The molecule has 3 heterocycles. The van der Waals surface area contributed by atoms with Gasteiger partial charge in [-0.1, -0.05) is 12.1 Å². The summed E-state index contributed by atoms with van der Waals surface area (Å²) in [6, 6.07) is 11.6.